The molecule has 0 atom stereocenters. The minimum Gasteiger partial charge on any atom is -0.497 e. The Kier molecular flexibility index (Phi) is 2.73. The zero-order valence-electron chi connectivity index (χ0n) is 5.70. The molecule has 11 heavy (non-hydrogen) atoms. The van der Waals surface area contributed by atoms with Crippen molar-refractivity contribution >= 4 is 27.5 Å². The lowest BCUT2D eigenvalue weighted by molar-refractivity contribution is 0.411. The molecule has 1 aromatic rings. The van der Waals surface area contributed by atoms with Crippen molar-refractivity contribution in [3.8, 4) is 5.75 Å². The number of halogens is 3. The van der Waals surface area contributed by atoms with Gasteiger partial charge in [0.15, 0.2) is 0 Å². The lowest BCUT2D eigenvalue weighted by Crippen LogP contribution is -1.85. The van der Waals surface area contributed by atoms with Gasteiger partial charge in [-0.1, -0.05) is 11.6 Å². The van der Waals surface area contributed by atoms with E-state index in [0.29, 0.717) is 10.8 Å². The molecule has 0 aliphatic heterocycles. The average Bonchev–Trinajstić information content (AvgIpc) is 1.99. The molecule has 0 saturated carbocycles. The Balaban J connectivity index is 3.21. The monoisotopic (exact) mass is 238 g/mol. The molecule has 0 radical (unpaired) electrons. The van der Waals surface area contributed by atoms with Crippen LogP contribution in [0.2, 0.25) is 5.02 Å². The van der Waals surface area contributed by atoms with E-state index < -0.39 is 5.82 Å². The van der Waals surface area contributed by atoms with E-state index in [0.717, 1.165) is 0 Å². The van der Waals surface area contributed by atoms with Crippen LogP contribution in [0.1, 0.15) is 0 Å². The largest absolute Gasteiger partial charge is 0.497 e. The Hall–Kier alpha value is -0.280. The van der Waals surface area contributed by atoms with Crippen LogP contribution in [-0.4, -0.2) is 7.11 Å². The first kappa shape index (κ1) is 8.81. The molecule has 0 unspecified atom stereocenters. The molecule has 1 aromatic carbocycles. The topological polar surface area (TPSA) is 9.23 Å². The molecule has 1 rings (SSSR count). The Bertz CT molecular complexity index is 254. The third-order valence-electron chi connectivity index (χ3n) is 1.19. The van der Waals surface area contributed by atoms with Crippen LogP contribution in [0.5, 0.6) is 5.75 Å². The number of rotatable bonds is 1. The fraction of sp³-hybridized carbons (Fsp3) is 0.143. The third kappa shape index (κ3) is 1.84. The van der Waals surface area contributed by atoms with E-state index in [9.17, 15) is 4.39 Å². The van der Waals surface area contributed by atoms with Gasteiger partial charge in [-0.15, -0.1) is 0 Å². The normalized spacial score (nSPS) is 9.82. The van der Waals surface area contributed by atoms with Crippen LogP contribution in [-0.2, 0) is 0 Å². The van der Waals surface area contributed by atoms with Crippen molar-refractivity contribution in [1.82, 2.24) is 0 Å². The summed E-state index contributed by atoms with van der Waals surface area (Å²) in [7, 11) is 1.46. The molecule has 0 aliphatic carbocycles. The Morgan fingerprint density at radius 3 is 2.64 bits per heavy atom. The maximum atomic E-state index is 12.8. The van der Waals surface area contributed by atoms with E-state index in [1.165, 1.54) is 19.2 Å². The molecule has 0 aromatic heterocycles. The van der Waals surface area contributed by atoms with Crippen LogP contribution in [0, 0.1) is 5.82 Å². The Morgan fingerprint density at radius 1 is 1.55 bits per heavy atom. The number of ether oxygens (including phenoxy) is 1. The molecule has 0 fully saturated rings. The van der Waals surface area contributed by atoms with Gasteiger partial charge >= 0.3 is 0 Å². The smallest absolute Gasteiger partial charge is 0.142 e. The van der Waals surface area contributed by atoms with Gasteiger partial charge in [0.05, 0.1) is 16.6 Å². The molecule has 0 amide bonds. The molecule has 1 nitrogen and oxygen atoms in total. The summed E-state index contributed by atoms with van der Waals surface area (Å²) in [5.41, 5.74) is 0. The van der Waals surface area contributed by atoms with E-state index in [-0.39, 0.29) is 4.47 Å². The maximum absolute atomic E-state index is 12.8. The SMILES string of the molecule is COc1cc(F)c(Br)c(Cl)c1. The van der Waals surface area contributed by atoms with Crippen LogP contribution in [0.3, 0.4) is 0 Å². The van der Waals surface area contributed by atoms with Gasteiger partial charge in [0.25, 0.3) is 0 Å². The first-order chi connectivity index (χ1) is 5.15. The Morgan fingerprint density at radius 2 is 2.18 bits per heavy atom. The minimum atomic E-state index is -0.422. The molecular weight excluding hydrogens is 234 g/mol. The highest BCUT2D eigenvalue weighted by atomic mass is 79.9. The van der Waals surface area contributed by atoms with Crippen LogP contribution in [0.4, 0.5) is 4.39 Å². The summed E-state index contributed by atoms with van der Waals surface area (Å²) in [5.74, 6) is -0.00921. The van der Waals surface area contributed by atoms with E-state index in [4.69, 9.17) is 16.3 Å². The van der Waals surface area contributed by atoms with Gasteiger partial charge in [0.1, 0.15) is 11.6 Å². The summed E-state index contributed by atoms with van der Waals surface area (Å²) < 4.78 is 17.9. The lowest BCUT2D eigenvalue weighted by Gasteiger charge is -2.02. The van der Waals surface area contributed by atoms with Crippen LogP contribution in [0.25, 0.3) is 0 Å². The standard InChI is InChI=1S/C7H5BrClFO/c1-11-4-2-5(9)7(8)6(10)3-4/h2-3H,1H3. The number of hydrogen-bond acceptors (Lipinski definition) is 1. The predicted molar refractivity (Wildman–Crippen MR) is 45.7 cm³/mol. The molecule has 0 heterocycles. The predicted octanol–water partition coefficient (Wildman–Crippen LogP) is 3.25. The summed E-state index contributed by atoms with van der Waals surface area (Å²) in [6.45, 7) is 0. The van der Waals surface area contributed by atoms with Gasteiger partial charge in [-0.05, 0) is 15.9 Å². The second kappa shape index (κ2) is 3.41. The lowest BCUT2D eigenvalue weighted by atomic mass is 10.3. The van der Waals surface area contributed by atoms with Crippen LogP contribution < -0.4 is 4.74 Å². The highest BCUT2D eigenvalue weighted by molar-refractivity contribution is 9.10. The molecule has 0 spiro atoms. The van der Waals surface area contributed by atoms with Gasteiger partial charge in [-0.3, -0.25) is 0 Å². The van der Waals surface area contributed by atoms with Gasteiger partial charge in [-0.25, -0.2) is 4.39 Å². The summed E-state index contributed by atoms with van der Waals surface area (Å²) in [6, 6.07) is 2.80. The second-order valence-electron chi connectivity index (χ2n) is 1.91. The van der Waals surface area contributed by atoms with Crippen molar-refractivity contribution in [2.24, 2.45) is 0 Å². The number of hydrogen-bond donors (Lipinski definition) is 0. The van der Waals surface area contributed by atoms with Crippen molar-refractivity contribution in [1.29, 1.82) is 0 Å². The summed E-state index contributed by atoms with van der Waals surface area (Å²) in [6.07, 6.45) is 0. The first-order valence-electron chi connectivity index (χ1n) is 2.83. The van der Waals surface area contributed by atoms with Crippen LogP contribution in [0.15, 0.2) is 16.6 Å². The fourth-order valence-electron chi connectivity index (χ4n) is 0.650. The zero-order valence-corrected chi connectivity index (χ0v) is 8.04. The van der Waals surface area contributed by atoms with Gasteiger partial charge < -0.3 is 4.74 Å². The Labute approximate surface area is 77.2 Å². The molecule has 4 heteroatoms. The van der Waals surface area contributed by atoms with Crippen molar-refractivity contribution in [2.45, 2.75) is 0 Å². The summed E-state index contributed by atoms with van der Waals surface area (Å²) >= 11 is 8.61. The third-order valence-corrected chi connectivity index (χ3v) is 2.53. The number of methoxy groups -OCH3 is 1. The average molecular weight is 239 g/mol. The minimum absolute atomic E-state index is 0.264. The molecule has 60 valence electrons. The molecular formula is C7H5BrClFO. The molecule has 0 bridgehead atoms. The van der Waals surface area contributed by atoms with Crippen molar-refractivity contribution in [2.75, 3.05) is 7.11 Å². The molecule has 0 N–H and O–H groups in total. The highest BCUT2D eigenvalue weighted by Crippen LogP contribution is 2.29. The van der Waals surface area contributed by atoms with Crippen molar-refractivity contribution in [3.05, 3.63) is 27.4 Å². The molecule has 0 aliphatic rings. The second-order valence-corrected chi connectivity index (χ2v) is 3.11. The fourth-order valence-corrected chi connectivity index (χ4v) is 1.08. The number of benzene rings is 1. The quantitative estimate of drug-likeness (QED) is 0.684. The summed E-state index contributed by atoms with van der Waals surface area (Å²) in [4.78, 5) is 0. The van der Waals surface area contributed by atoms with E-state index in [1.807, 2.05) is 0 Å². The van der Waals surface area contributed by atoms with E-state index >= 15 is 0 Å². The van der Waals surface area contributed by atoms with Gasteiger partial charge in [0.2, 0.25) is 0 Å². The summed E-state index contributed by atoms with van der Waals surface area (Å²) in [5, 5.41) is 0.307. The van der Waals surface area contributed by atoms with Gasteiger partial charge in [-0.2, -0.15) is 0 Å². The highest BCUT2D eigenvalue weighted by Gasteiger charge is 2.05. The van der Waals surface area contributed by atoms with Crippen molar-refractivity contribution < 1.29 is 9.13 Å². The van der Waals surface area contributed by atoms with Gasteiger partial charge in [0, 0.05) is 12.1 Å². The van der Waals surface area contributed by atoms with E-state index in [1.54, 1.807) is 0 Å². The van der Waals surface area contributed by atoms with E-state index in [2.05, 4.69) is 15.9 Å². The maximum Gasteiger partial charge on any atom is 0.142 e. The zero-order chi connectivity index (χ0) is 8.43. The van der Waals surface area contributed by atoms with Crippen molar-refractivity contribution in [3.63, 3.8) is 0 Å². The first-order valence-corrected chi connectivity index (χ1v) is 4.00. The van der Waals surface area contributed by atoms with Crippen LogP contribution >= 0.6 is 27.5 Å². The molecule has 0 saturated heterocycles.